The molecule has 0 aliphatic heterocycles. The Balaban J connectivity index is 2.06. The maximum Gasteiger partial charge on any atom is 0.337 e. The number of nitriles is 1. The van der Waals surface area contributed by atoms with Gasteiger partial charge in [0.05, 0.1) is 11.6 Å². The minimum Gasteiger partial charge on any atom is -0.478 e. The lowest BCUT2D eigenvalue weighted by Gasteiger charge is -2.11. The number of nitrogens with zero attached hydrogens (tertiary/aromatic N) is 2. The highest BCUT2D eigenvalue weighted by atomic mass is 16.4. The van der Waals surface area contributed by atoms with Gasteiger partial charge in [0.15, 0.2) is 0 Å². The number of aromatic nitrogens is 1. The summed E-state index contributed by atoms with van der Waals surface area (Å²) >= 11 is 0. The molecule has 78 valence electrons. The Kier molecular flexibility index (Phi) is 2.24. The third kappa shape index (κ3) is 2.01. The standard InChI is InChI=1S/C11H12N2O2/c12-5-4-11(2-3-11)8-13-6-1-9(7-13)10(14)15/h1,6-7H,2-4,8H2,(H,14,15). The maximum atomic E-state index is 10.7. The van der Waals surface area contributed by atoms with Crippen molar-refractivity contribution < 1.29 is 9.90 Å². The Labute approximate surface area is 87.7 Å². The molecule has 1 heterocycles. The highest BCUT2D eigenvalue weighted by molar-refractivity contribution is 5.87. The van der Waals surface area contributed by atoms with Gasteiger partial charge in [-0.3, -0.25) is 0 Å². The van der Waals surface area contributed by atoms with Crippen LogP contribution in [0.2, 0.25) is 0 Å². The van der Waals surface area contributed by atoms with E-state index in [2.05, 4.69) is 6.07 Å². The van der Waals surface area contributed by atoms with Gasteiger partial charge in [-0.1, -0.05) is 0 Å². The van der Waals surface area contributed by atoms with Crippen molar-refractivity contribution in [1.29, 1.82) is 5.26 Å². The molecule has 0 radical (unpaired) electrons. The van der Waals surface area contributed by atoms with Crippen LogP contribution in [0.1, 0.15) is 29.6 Å². The van der Waals surface area contributed by atoms with Crippen molar-refractivity contribution >= 4 is 5.97 Å². The van der Waals surface area contributed by atoms with Crippen LogP contribution < -0.4 is 0 Å². The summed E-state index contributed by atoms with van der Waals surface area (Å²) in [5.74, 6) is -0.904. The van der Waals surface area contributed by atoms with Gasteiger partial charge >= 0.3 is 5.97 Å². The zero-order valence-corrected chi connectivity index (χ0v) is 8.31. The first kappa shape index (κ1) is 9.78. The topological polar surface area (TPSA) is 66.0 Å². The normalized spacial score (nSPS) is 17.0. The molecule has 2 rings (SSSR count). The van der Waals surface area contributed by atoms with Crippen LogP contribution in [0, 0.1) is 16.7 Å². The molecule has 0 bridgehead atoms. The number of carbonyl (C=O) groups is 1. The van der Waals surface area contributed by atoms with Gasteiger partial charge in [-0.25, -0.2) is 4.79 Å². The van der Waals surface area contributed by atoms with E-state index in [4.69, 9.17) is 10.4 Å². The second kappa shape index (κ2) is 3.43. The maximum absolute atomic E-state index is 10.7. The zero-order valence-electron chi connectivity index (χ0n) is 8.31. The SMILES string of the molecule is N#CCC1(Cn2ccc(C(=O)O)c2)CC1. The number of hydrogen-bond acceptors (Lipinski definition) is 2. The summed E-state index contributed by atoms with van der Waals surface area (Å²) in [6.45, 7) is 0.758. The van der Waals surface area contributed by atoms with E-state index in [1.165, 1.54) is 0 Å². The first-order chi connectivity index (χ1) is 7.15. The predicted octanol–water partition coefficient (Wildman–Crippen LogP) is 1.88. The third-order valence-electron chi connectivity index (χ3n) is 2.93. The van der Waals surface area contributed by atoms with Gasteiger partial charge in [-0.2, -0.15) is 5.26 Å². The minimum atomic E-state index is -0.904. The van der Waals surface area contributed by atoms with Gasteiger partial charge in [0.25, 0.3) is 0 Å². The van der Waals surface area contributed by atoms with E-state index >= 15 is 0 Å². The predicted molar refractivity (Wildman–Crippen MR) is 53.3 cm³/mol. The largest absolute Gasteiger partial charge is 0.478 e. The molecule has 1 aromatic rings. The van der Waals surface area contributed by atoms with Gasteiger partial charge in [-0.05, 0) is 18.9 Å². The molecule has 1 aliphatic carbocycles. The van der Waals surface area contributed by atoms with Gasteiger partial charge in [0.1, 0.15) is 0 Å². The summed E-state index contributed by atoms with van der Waals surface area (Å²) in [6.07, 6.45) is 6.09. The van der Waals surface area contributed by atoms with E-state index in [9.17, 15) is 4.79 Å². The molecule has 1 aliphatic rings. The van der Waals surface area contributed by atoms with Crippen molar-refractivity contribution in [2.45, 2.75) is 25.8 Å². The fourth-order valence-electron chi connectivity index (χ4n) is 1.79. The first-order valence-corrected chi connectivity index (χ1v) is 4.91. The van der Waals surface area contributed by atoms with Gasteiger partial charge in [0, 0.05) is 30.8 Å². The molecule has 1 saturated carbocycles. The first-order valence-electron chi connectivity index (χ1n) is 4.91. The number of aromatic carboxylic acids is 1. The van der Waals surface area contributed by atoms with E-state index in [-0.39, 0.29) is 5.41 Å². The molecule has 1 N–H and O–H groups in total. The molecule has 0 spiro atoms. The van der Waals surface area contributed by atoms with Gasteiger partial charge in [0.2, 0.25) is 0 Å². The van der Waals surface area contributed by atoms with Crippen molar-refractivity contribution in [2.24, 2.45) is 5.41 Å². The third-order valence-corrected chi connectivity index (χ3v) is 2.93. The molecule has 0 unspecified atom stereocenters. The summed E-state index contributed by atoms with van der Waals surface area (Å²) in [7, 11) is 0. The number of rotatable bonds is 4. The molecule has 0 amide bonds. The van der Waals surface area contributed by atoms with Crippen LogP contribution in [0.3, 0.4) is 0 Å². The summed E-state index contributed by atoms with van der Waals surface area (Å²) in [4.78, 5) is 10.7. The van der Waals surface area contributed by atoms with Crippen LogP contribution in [-0.2, 0) is 6.54 Å². The number of carboxylic acid groups (broad SMARTS) is 1. The monoisotopic (exact) mass is 204 g/mol. The highest BCUT2D eigenvalue weighted by Gasteiger charge is 2.42. The van der Waals surface area contributed by atoms with Gasteiger partial charge < -0.3 is 9.67 Å². The number of carboxylic acids is 1. The summed E-state index contributed by atoms with van der Waals surface area (Å²) in [6, 6.07) is 3.78. The molecule has 1 aromatic heterocycles. The second-order valence-corrected chi connectivity index (χ2v) is 4.21. The highest BCUT2D eigenvalue weighted by Crippen LogP contribution is 2.49. The fourth-order valence-corrected chi connectivity index (χ4v) is 1.79. The van der Waals surface area contributed by atoms with E-state index in [1.807, 2.05) is 4.57 Å². The Morgan fingerprint density at radius 1 is 1.67 bits per heavy atom. The molecule has 1 fully saturated rings. The van der Waals surface area contributed by atoms with Crippen molar-refractivity contribution in [3.63, 3.8) is 0 Å². The molecular formula is C11H12N2O2. The summed E-state index contributed by atoms with van der Waals surface area (Å²) in [5, 5.41) is 17.4. The molecular weight excluding hydrogens is 192 g/mol. The quantitative estimate of drug-likeness (QED) is 0.814. The van der Waals surface area contributed by atoms with E-state index in [0.717, 1.165) is 19.4 Å². The zero-order chi connectivity index (χ0) is 10.9. The van der Waals surface area contributed by atoms with Crippen molar-refractivity contribution in [2.75, 3.05) is 0 Å². The second-order valence-electron chi connectivity index (χ2n) is 4.21. The van der Waals surface area contributed by atoms with E-state index < -0.39 is 5.97 Å². The fraction of sp³-hybridized carbons (Fsp3) is 0.455. The molecule has 0 saturated heterocycles. The van der Waals surface area contributed by atoms with Crippen LogP contribution in [0.5, 0.6) is 0 Å². The van der Waals surface area contributed by atoms with Crippen molar-refractivity contribution in [3.8, 4) is 6.07 Å². The Morgan fingerprint density at radius 3 is 2.87 bits per heavy atom. The van der Waals surface area contributed by atoms with Crippen LogP contribution >= 0.6 is 0 Å². The van der Waals surface area contributed by atoms with Crippen LogP contribution in [0.25, 0.3) is 0 Å². The molecule has 4 nitrogen and oxygen atoms in total. The summed E-state index contributed by atoms with van der Waals surface area (Å²) < 4.78 is 1.87. The molecule has 4 heteroatoms. The van der Waals surface area contributed by atoms with E-state index in [0.29, 0.717) is 12.0 Å². The lowest BCUT2D eigenvalue weighted by molar-refractivity contribution is 0.0696. The van der Waals surface area contributed by atoms with Gasteiger partial charge in [-0.15, -0.1) is 0 Å². The van der Waals surface area contributed by atoms with Crippen molar-refractivity contribution in [1.82, 2.24) is 4.57 Å². The lowest BCUT2D eigenvalue weighted by atomic mass is 10.0. The lowest BCUT2D eigenvalue weighted by Crippen LogP contribution is -2.09. The molecule has 0 atom stereocenters. The Morgan fingerprint density at radius 2 is 2.40 bits per heavy atom. The smallest absolute Gasteiger partial charge is 0.337 e. The Bertz CT molecular complexity index is 424. The van der Waals surface area contributed by atoms with Crippen LogP contribution in [0.15, 0.2) is 18.5 Å². The van der Waals surface area contributed by atoms with Crippen LogP contribution in [0.4, 0.5) is 0 Å². The Hall–Kier alpha value is -1.76. The van der Waals surface area contributed by atoms with E-state index in [1.54, 1.807) is 18.5 Å². The summed E-state index contributed by atoms with van der Waals surface area (Å²) in [5.41, 5.74) is 0.423. The average molecular weight is 204 g/mol. The molecule has 15 heavy (non-hydrogen) atoms. The van der Waals surface area contributed by atoms with Crippen LogP contribution in [-0.4, -0.2) is 15.6 Å². The molecule has 0 aromatic carbocycles. The average Bonchev–Trinajstić information content (AvgIpc) is 2.77. The van der Waals surface area contributed by atoms with Crippen molar-refractivity contribution in [3.05, 3.63) is 24.0 Å². The minimum absolute atomic E-state index is 0.115. The number of hydrogen-bond donors (Lipinski definition) is 1.